The van der Waals surface area contributed by atoms with Gasteiger partial charge in [0.15, 0.2) is 5.84 Å². The van der Waals surface area contributed by atoms with Crippen LogP contribution in [0, 0.1) is 10.1 Å². The van der Waals surface area contributed by atoms with E-state index in [1.165, 1.54) is 41.6 Å². The molecule has 0 aliphatic carbocycles. The Balaban J connectivity index is 1.90. The van der Waals surface area contributed by atoms with E-state index in [-0.39, 0.29) is 35.3 Å². The summed E-state index contributed by atoms with van der Waals surface area (Å²) in [5, 5.41) is 19.4. The molecule has 0 spiro atoms. The number of nitrogens with one attached hydrogen (secondary N) is 1. The number of hydrazone groups is 1. The van der Waals surface area contributed by atoms with Crippen molar-refractivity contribution >= 4 is 33.7 Å². The second-order valence-electron chi connectivity index (χ2n) is 8.15. The Morgan fingerprint density at radius 3 is 2.47 bits per heavy atom. The van der Waals surface area contributed by atoms with Crippen LogP contribution in [-0.2, 0) is 14.8 Å². The minimum absolute atomic E-state index is 0.0517. The molecule has 2 aromatic rings. The molecule has 0 aromatic heterocycles. The molecule has 1 N–H and O–H groups in total. The second kappa shape index (κ2) is 8.87. The number of nitro groups is 1. The molecule has 0 atom stereocenters. The van der Waals surface area contributed by atoms with Crippen molar-refractivity contribution in [2.75, 3.05) is 6.54 Å². The van der Waals surface area contributed by atoms with Crippen LogP contribution in [0.3, 0.4) is 0 Å². The third-order valence-corrected chi connectivity index (χ3v) is 5.70. The van der Waals surface area contributed by atoms with E-state index in [1.54, 1.807) is 18.2 Å². The molecule has 10 nitrogen and oxygen atoms in total. The minimum Gasteiger partial charge on any atom is -0.351 e. The van der Waals surface area contributed by atoms with Crippen LogP contribution in [-0.4, -0.2) is 48.4 Å². The minimum atomic E-state index is -3.87. The van der Waals surface area contributed by atoms with Crippen molar-refractivity contribution < 1.29 is 18.1 Å². The lowest BCUT2D eigenvalue weighted by molar-refractivity contribution is -0.384. The fourth-order valence-corrected chi connectivity index (χ4v) is 4.21. The molecule has 1 heterocycles. The van der Waals surface area contributed by atoms with E-state index in [4.69, 9.17) is 0 Å². The number of non-ortho nitro benzene ring substituents is 1. The van der Waals surface area contributed by atoms with Gasteiger partial charge in [0.2, 0.25) is 5.91 Å². The summed E-state index contributed by atoms with van der Waals surface area (Å²) in [5.74, 6) is -0.106. The highest BCUT2D eigenvalue weighted by atomic mass is 32.2. The zero-order valence-corrected chi connectivity index (χ0v) is 18.7. The van der Waals surface area contributed by atoms with Crippen molar-refractivity contribution in [1.82, 2.24) is 10.3 Å². The molecule has 168 valence electrons. The van der Waals surface area contributed by atoms with Gasteiger partial charge in [0.1, 0.15) is 4.90 Å². The Bertz CT molecular complexity index is 1200. The highest BCUT2D eigenvalue weighted by Gasteiger charge is 2.32. The predicted octanol–water partition coefficient (Wildman–Crippen LogP) is 2.68. The van der Waals surface area contributed by atoms with E-state index in [0.717, 1.165) is 0 Å². The average Bonchev–Trinajstić information content (AvgIpc) is 2.98. The van der Waals surface area contributed by atoms with E-state index in [0.29, 0.717) is 11.1 Å². The molecular weight excluding hydrogens is 434 g/mol. The first kappa shape index (κ1) is 23.1. The fourth-order valence-electron chi connectivity index (χ4n) is 3.00. The smallest absolute Gasteiger partial charge is 0.285 e. The number of hydrogen-bond acceptors (Lipinski definition) is 7. The van der Waals surface area contributed by atoms with Gasteiger partial charge >= 0.3 is 0 Å². The Labute approximate surface area is 185 Å². The number of nitro benzene ring substituents is 1. The molecule has 0 radical (unpaired) electrons. The van der Waals surface area contributed by atoms with Gasteiger partial charge in [-0.25, -0.2) is 5.01 Å². The first-order valence-corrected chi connectivity index (χ1v) is 11.2. The van der Waals surface area contributed by atoms with Crippen molar-refractivity contribution in [2.24, 2.45) is 9.50 Å². The molecule has 0 unspecified atom stereocenters. The van der Waals surface area contributed by atoms with Gasteiger partial charge < -0.3 is 5.32 Å². The first-order valence-electron chi connectivity index (χ1n) is 9.78. The van der Waals surface area contributed by atoms with Gasteiger partial charge in [-0.3, -0.25) is 14.9 Å². The number of carbonyl (C=O) groups excluding carboxylic acids is 1. The van der Waals surface area contributed by atoms with Crippen molar-refractivity contribution in [3.63, 3.8) is 0 Å². The lowest BCUT2D eigenvalue weighted by Gasteiger charge is -2.22. The number of amides is 1. The largest absolute Gasteiger partial charge is 0.351 e. The van der Waals surface area contributed by atoms with E-state index in [9.17, 15) is 23.3 Å². The van der Waals surface area contributed by atoms with Crippen molar-refractivity contribution in [1.29, 1.82) is 0 Å². The van der Waals surface area contributed by atoms with Crippen molar-refractivity contribution in [2.45, 2.75) is 37.6 Å². The zero-order valence-electron chi connectivity index (χ0n) is 17.8. The number of carbonyl (C=O) groups is 1. The van der Waals surface area contributed by atoms with Crippen LogP contribution in [0.15, 0.2) is 62.9 Å². The lowest BCUT2D eigenvalue weighted by Crippen LogP contribution is -2.42. The van der Waals surface area contributed by atoms with Crippen LogP contribution >= 0.6 is 0 Å². The summed E-state index contributed by atoms with van der Waals surface area (Å²) < 4.78 is 28.8. The highest BCUT2D eigenvalue weighted by molar-refractivity contribution is 7.90. The van der Waals surface area contributed by atoms with E-state index >= 15 is 0 Å². The summed E-state index contributed by atoms with van der Waals surface area (Å²) in [5.41, 5.74) is 0.488. The van der Waals surface area contributed by atoms with E-state index in [2.05, 4.69) is 14.8 Å². The number of nitrogens with zero attached hydrogens (tertiary/aromatic N) is 4. The maximum absolute atomic E-state index is 12.5. The van der Waals surface area contributed by atoms with Gasteiger partial charge in [-0.05, 0) is 50.6 Å². The lowest BCUT2D eigenvalue weighted by atomic mass is 10.1. The molecule has 0 bridgehead atoms. The Hall–Kier alpha value is -3.60. The molecule has 11 heteroatoms. The third kappa shape index (κ3) is 5.55. The molecule has 3 rings (SSSR count). The number of sulfonamides is 1. The highest BCUT2D eigenvalue weighted by Crippen LogP contribution is 2.27. The number of benzene rings is 2. The number of hydrogen-bond donors (Lipinski definition) is 1. The average molecular weight is 458 g/mol. The maximum Gasteiger partial charge on any atom is 0.285 e. The SMILES string of the molecule is CC(C)(C)NC(=O)CCN(/N=C\c1ccc([N+](=O)[O-])cc1)C1=NS(=O)(=O)c2ccccc21. The Morgan fingerprint density at radius 2 is 1.84 bits per heavy atom. The van der Waals surface area contributed by atoms with Crippen LogP contribution in [0.25, 0.3) is 0 Å². The number of rotatable bonds is 6. The van der Waals surface area contributed by atoms with Crippen LogP contribution in [0.4, 0.5) is 5.69 Å². The molecular formula is C21H23N5O5S. The summed E-state index contributed by atoms with van der Waals surface area (Å²) in [6.07, 6.45) is 1.48. The van der Waals surface area contributed by atoms with Gasteiger partial charge in [0, 0.05) is 29.7 Å². The van der Waals surface area contributed by atoms with Crippen LogP contribution in [0.2, 0.25) is 0 Å². The third-order valence-electron chi connectivity index (χ3n) is 4.37. The van der Waals surface area contributed by atoms with Gasteiger partial charge in [-0.15, -0.1) is 4.40 Å². The molecule has 32 heavy (non-hydrogen) atoms. The van der Waals surface area contributed by atoms with Crippen LogP contribution < -0.4 is 5.32 Å². The first-order chi connectivity index (χ1) is 15.0. The normalized spacial score (nSPS) is 14.7. The summed E-state index contributed by atoms with van der Waals surface area (Å²) >= 11 is 0. The number of amidine groups is 1. The predicted molar refractivity (Wildman–Crippen MR) is 120 cm³/mol. The molecule has 1 aliphatic heterocycles. The molecule has 0 saturated carbocycles. The molecule has 1 amide bonds. The van der Waals surface area contributed by atoms with Gasteiger partial charge in [0.25, 0.3) is 15.7 Å². The van der Waals surface area contributed by atoms with Gasteiger partial charge in [-0.2, -0.15) is 13.5 Å². The number of fused-ring (bicyclic) bond motifs is 1. The van der Waals surface area contributed by atoms with Crippen molar-refractivity contribution in [3.05, 3.63) is 69.8 Å². The Kier molecular flexibility index (Phi) is 6.40. The second-order valence-corrected chi connectivity index (χ2v) is 9.72. The standard InChI is InChI=1S/C21H23N5O5S/c1-21(2,3)23-19(27)12-13-25(22-14-15-8-10-16(11-9-15)26(28)29)20-17-6-4-5-7-18(17)32(30,31)24-20/h4-11,14H,12-13H2,1-3H3,(H,23,27)/b22-14-. The Morgan fingerprint density at radius 1 is 1.19 bits per heavy atom. The summed E-state index contributed by atoms with van der Waals surface area (Å²) in [7, 11) is -3.87. The van der Waals surface area contributed by atoms with Gasteiger partial charge in [-0.1, -0.05) is 12.1 Å². The fraction of sp³-hybridized carbons (Fsp3) is 0.286. The quantitative estimate of drug-likeness (QED) is 0.403. The topological polar surface area (TPSA) is 134 Å². The summed E-state index contributed by atoms with van der Waals surface area (Å²) in [6.45, 7) is 5.66. The summed E-state index contributed by atoms with van der Waals surface area (Å²) in [6, 6.07) is 12.1. The summed E-state index contributed by atoms with van der Waals surface area (Å²) in [4.78, 5) is 22.7. The monoisotopic (exact) mass is 457 g/mol. The molecule has 1 aliphatic rings. The zero-order chi connectivity index (χ0) is 23.5. The molecule has 0 fully saturated rings. The molecule has 0 saturated heterocycles. The van der Waals surface area contributed by atoms with E-state index in [1.807, 2.05) is 20.8 Å². The van der Waals surface area contributed by atoms with Crippen molar-refractivity contribution in [3.8, 4) is 0 Å². The van der Waals surface area contributed by atoms with Crippen LogP contribution in [0.1, 0.15) is 38.3 Å². The van der Waals surface area contributed by atoms with Gasteiger partial charge in [0.05, 0.1) is 17.7 Å². The maximum atomic E-state index is 12.5. The van der Waals surface area contributed by atoms with E-state index < -0.39 is 20.5 Å². The van der Waals surface area contributed by atoms with Crippen LogP contribution in [0.5, 0.6) is 0 Å². The molecule has 2 aromatic carbocycles.